The van der Waals surface area contributed by atoms with Crippen molar-refractivity contribution in [1.29, 1.82) is 0 Å². The van der Waals surface area contributed by atoms with E-state index in [1.54, 1.807) is 0 Å². The minimum Gasteiger partial charge on any atom is -0.361 e. The van der Waals surface area contributed by atoms with Crippen LogP contribution in [0.4, 0.5) is 13.2 Å². The van der Waals surface area contributed by atoms with Gasteiger partial charge in [-0.15, -0.1) is 0 Å². The highest BCUT2D eigenvalue weighted by Gasteiger charge is 2.32. The summed E-state index contributed by atoms with van der Waals surface area (Å²) in [5.74, 6) is 0. The van der Waals surface area contributed by atoms with Crippen LogP contribution >= 0.6 is 12.2 Å². The average Bonchev–Trinajstić information content (AvgIpc) is 2.38. The standard InChI is InChI=1S/C13H16F3N3S/c1-2-3-8-17-12(20)19-18-9-10-6-4-5-7-11(10)13(14,15)16/h4-7,9H,2-3,8H2,1H3,(H2,17,19,20)/b18-9-. The van der Waals surface area contributed by atoms with E-state index in [1.165, 1.54) is 18.2 Å². The zero-order valence-electron chi connectivity index (χ0n) is 11.0. The van der Waals surface area contributed by atoms with Gasteiger partial charge >= 0.3 is 6.18 Å². The number of halogens is 3. The Balaban J connectivity index is 2.61. The second-order valence-corrected chi connectivity index (χ2v) is 4.47. The molecule has 0 aromatic heterocycles. The van der Waals surface area contributed by atoms with Gasteiger partial charge in [-0.3, -0.25) is 5.43 Å². The summed E-state index contributed by atoms with van der Waals surface area (Å²) in [7, 11) is 0. The van der Waals surface area contributed by atoms with Gasteiger partial charge in [0.15, 0.2) is 5.11 Å². The zero-order valence-corrected chi connectivity index (χ0v) is 11.8. The lowest BCUT2D eigenvalue weighted by atomic mass is 10.1. The fourth-order valence-electron chi connectivity index (χ4n) is 1.45. The van der Waals surface area contributed by atoms with Gasteiger partial charge in [0.2, 0.25) is 0 Å². The molecule has 0 unspecified atom stereocenters. The van der Waals surface area contributed by atoms with Crippen molar-refractivity contribution in [3.8, 4) is 0 Å². The number of hydrogen-bond acceptors (Lipinski definition) is 2. The molecular formula is C13H16F3N3S. The third-order valence-corrected chi connectivity index (χ3v) is 2.69. The molecular weight excluding hydrogens is 287 g/mol. The fourth-order valence-corrected chi connectivity index (χ4v) is 1.60. The Bertz CT molecular complexity index is 472. The van der Waals surface area contributed by atoms with Crippen molar-refractivity contribution in [2.75, 3.05) is 6.54 Å². The van der Waals surface area contributed by atoms with Gasteiger partial charge < -0.3 is 5.32 Å². The predicted molar refractivity (Wildman–Crippen MR) is 77.7 cm³/mol. The van der Waals surface area contributed by atoms with Crippen molar-refractivity contribution in [2.24, 2.45) is 5.10 Å². The molecule has 0 amide bonds. The molecule has 110 valence electrons. The van der Waals surface area contributed by atoms with Gasteiger partial charge in [-0.1, -0.05) is 31.5 Å². The molecule has 1 rings (SSSR count). The lowest BCUT2D eigenvalue weighted by molar-refractivity contribution is -0.137. The maximum Gasteiger partial charge on any atom is 0.417 e. The van der Waals surface area contributed by atoms with Crippen LogP contribution in [0, 0.1) is 0 Å². The van der Waals surface area contributed by atoms with Gasteiger partial charge in [0.05, 0.1) is 11.8 Å². The molecule has 1 aromatic carbocycles. The van der Waals surface area contributed by atoms with E-state index in [4.69, 9.17) is 12.2 Å². The first kappa shape index (κ1) is 16.4. The molecule has 0 aliphatic carbocycles. The van der Waals surface area contributed by atoms with Gasteiger partial charge in [-0.25, -0.2) is 0 Å². The maximum absolute atomic E-state index is 12.7. The van der Waals surface area contributed by atoms with Crippen molar-refractivity contribution in [3.05, 3.63) is 35.4 Å². The topological polar surface area (TPSA) is 36.4 Å². The van der Waals surface area contributed by atoms with E-state index in [0.717, 1.165) is 25.1 Å². The van der Waals surface area contributed by atoms with E-state index < -0.39 is 11.7 Å². The van der Waals surface area contributed by atoms with E-state index in [2.05, 4.69) is 15.8 Å². The molecule has 0 aliphatic rings. The first-order valence-corrected chi connectivity index (χ1v) is 6.59. The summed E-state index contributed by atoms with van der Waals surface area (Å²) in [5, 5.41) is 6.91. The molecule has 0 fully saturated rings. The summed E-state index contributed by atoms with van der Waals surface area (Å²) in [6.45, 7) is 2.75. The number of rotatable bonds is 5. The quantitative estimate of drug-likeness (QED) is 0.379. The Morgan fingerprint density at radius 2 is 2.05 bits per heavy atom. The minimum atomic E-state index is -4.40. The van der Waals surface area contributed by atoms with Crippen molar-refractivity contribution in [2.45, 2.75) is 25.9 Å². The van der Waals surface area contributed by atoms with E-state index in [-0.39, 0.29) is 5.56 Å². The Labute approximate surface area is 121 Å². The molecule has 1 aromatic rings. The second kappa shape index (κ2) is 7.84. The summed E-state index contributed by atoms with van der Waals surface area (Å²) < 4.78 is 38.2. The Morgan fingerprint density at radius 3 is 2.70 bits per heavy atom. The highest BCUT2D eigenvalue weighted by Crippen LogP contribution is 2.30. The number of nitrogens with one attached hydrogen (secondary N) is 2. The molecule has 0 saturated carbocycles. The predicted octanol–water partition coefficient (Wildman–Crippen LogP) is 3.30. The van der Waals surface area contributed by atoms with Crippen LogP contribution in [0.15, 0.2) is 29.4 Å². The number of hydrazone groups is 1. The summed E-state index contributed by atoms with van der Waals surface area (Å²) in [4.78, 5) is 0. The Morgan fingerprint density at radius 1 is 1.35 bits per heavy atom. The van der Waals surface area contributed by atoms with Gasteiger partial charge in [0.1, 0.15) is 0 Å². The van der Waals surface area contributed by atoms with Crippen LogP contribution in [-0.4, -0.2) is 17.9 Å². The van der Waals surface area contributed by atoms with Crippen molar-refractivity contribution in [3.63, 3.8) is 0 Å². The smallest absolute Gasteiger partial charge is 0.361 e. The second-order valence-electron chi connectivity index (χ2n) is 4.06. The van der Waals surface area contributed by atoms with Crippen LogP contribution < -0.4 is 10.7 Å². The number of unbranched alkanes of at least 4 members (excludes halogenated alkanes) is 1. The molecule has 0 saturated heterocycles. The lowest BCUT2D eigenvalue weighted by Gasteiger charge is -2.09. The van der Waals surface area contributed by atoms with E-state index in [1.807, 2.05) is 6.92 Å². The summed E-state index contributed by atoms with van der Waals surface area (Å²) in [6, 6.07) is 5.22. The summed E-state index contributed by atoms with van der Waals surface area (Å²) in [6.07, 6.45) is -1.31. The van der Waals surface area contributed by atoms with E-state index >= 15 is 0 Å². The molecule has 0 atom stereocenters. The van der Waals surface area contributed by atoms with E-state index in [9.17, 15) is 13.2 Å². The van der Waals surface area contributed by atoms with Gasteiger partial charge in [0.25, 0.3) is 0 Å². The van der Waals surface area contributed by atoms with E-state index in [0.29, 0.717) is 11.7 Å². The van der Waals surface area contributed by atoms with Gasteiger partial charge in [-0.2, -0.15) is 18.3 Å². The third-order valence-electron chi connectivity index (χ3n) is 2.45. The SMILES string of the molecule is CCCCNC(=S)N/N=C\c1ccccc1C(F)(F)F. The zero-order chi connectivity index (χ0) is 15.0. The van der Waals surface area contributed by atoms with Gasteiger partial charge in [0, 0.05) is 12.1 Å². The van der Waals surface area contributed by atoms with Crippen molar-refractivity contribution in [1.82, 2.24) is 10.7 Å². The molecule has 0 aliphatic heterocycles. The van der Waals surface area contributed by atoms with Crippen LogP contribution in [-0.2, 0) is 6.18 Å². The minimum absolute atomic E-state index is 0.0103. The molecule has 7 heteroatoms. The molecule has 2 N–H and O–H groups in total. The summed E-state index contributed by atoms with van der Waals surface area (Å²) >= 11 is 4.93. The van der Waals surface area contributed by atoms with Crippen molar-refractivity contribution < 1.29 is 13.2 Å². The Kier molecular flexibility index (Phi) is 6.44. The molecule has 0 heterocycles. The number of thiocarbonyl (C=S) groups is 1. The molecule has 20 heavy (non-hydrogen) atoms. The first-order chi connectivity index (χ1) is 9.45. The lowest BCUT2D eigenvalue weighted by Crippen LogP contribution is -2.32. The highest BCUT2D eigenvalue weighted by molar-refractivity contribution is 7.80. The summed E-state index contributed by atoms with van der Waals surface area (Å²) in [5.41, 5.74) is 1.75. The highest BCUT2D eigenvalue weighted by atomic mass is 32.1. The number of benzene rings is 1. The van der Waals surface area contributed by atoms with Crippen LogP contribution in [0.2, 0.25) is 0 Å². The Hall–Kier alpha value is -1.63. The van der Waals surface area contributed by atoms with Crippen LogP contribution in [0.3, 0.4) is 0 Å². The van der Waals surface area contributed by atoms with Crippen LogP contribution in [0.25, 0.3) is 0 Å². The number of hydrogen-bond donors (Lipinski definition) is 2. The number of nitrogens with zero attached hydrogens (tertiary/aromatic N) is 1. The third kappa shape index (κ3) is 5.56. The first-order valence-electron chi connectivity index (χ1n) is 6.18. The maximum atomic E-state index is 12.7. The molecule has 0 bridgehead atoms. The van der Waals surface area contributed by atoms with Gasteiger partial charge in [-0.05, 0) is 24.7 Å². The largest absolute Gasteiger partial charge is 0.417 e. The monoisotopic (exact) mass is 303 g/mol. The molecule has 0 radical (unpaired) electrons. The average molecular weight is 303 g/mol. The fraction of sp³-hybridized carbons (Fsp3) is 0.385. The van der Waals surface area contributed by atoms with Crippen molar-refractivity contribution >= 4 is 23.5 Å². The molecule has 0 spiro atoms. The van der Waals surface area contributed by atoms with Crippen LogP contribution in [0.5, 0.6) is 0 Å². The molecule has 3 nitrogen and oxygen atoms in total. The normalized spacial score (nSPS) is 11.6. The number of alkyl halides is 3. The van der Waals surface area contributed by atoms with Crippen LogP contribution in [0.1, 0.15) is 30.9 Å².